The fourth-order valence-corrected chi connectivity index (χ4v) is 5.18. The number of hydrogen-bond donors (Lipinski definition) is 3. The minimum Gasteiger partial charge on any atom is -0.354 e. The highest BCUT2D eigenvalue weighted by Gasteiger charge is 2.18. The largest absolute Gasteiger partial charge is 0.354 e. The number of nitrogens with two attached hydrogens (primary N) is 1. The molecule has 1 aliphatic rings. The van der Waals surface area contributed by atoms with Gasteiger partial charge < -0.3 is 15.7 Å². The molecule has 6 rings (SSSR count). The van der Waals surface area contributed by atoms with Crippen molar-refractivity contribution < 1.29 is 0 Å². The number of rotatable bonds is 5. The van der Waals surface area contributed by atoms with Crippen molar-refractivity contribution in [3.05, 3.63) is 89.0 Å². The molecule has 0 atom stereocenters. The van der Waals surface area contributed by atoms with Gasteiger partial charge in [-0.2, -0.15) is 0 Å². The number of pyridine rings is 2. The van der Waals surface area contributed by atoms with E-state index in [1.54, 1.807) is 6.20 Å². The number of aromatic amines is 2. The summed E-state index contributed by atoms with van der Waals surface area (Å²) in [6.45, 7) is 3.95. The Morgan fingerprint density at radius 2 is 1.71 bits per heavy atom. The molecule has 0 spiro atoms. The van der Waals surface area contributed by atoms with Crippen LogP contribution in [0.4, 0.5) is 0 Å². The van der Waals surface area contributed by atoms with Gasteiger partial charge in [0.25, 0.3) is 5.56 Å². The molecule has 176 valence electrons. The normalized spacial score (nSPS) is 15.2. The quantitative estimate of drug-likeness (QED) is 0.345. The van der Waals surface area contributed by atoms with E-state index in [-0.39, 0.29) is 5.56 Å². The number of benzene rings is 2. The van der Waals surface area contributed by atoms with E-state index in [0.29, 0.717) is 11.5 Å². The second-order valence-corrected chi connectivity index (χ2v) is 9.62. The van der Waals surface area contributed by atoms with Gasteiger partial charge in [-0.3, -0.25) is 14.7 Å². The van der Waals surface area contributed by atoms with Gasteiger partial charge in [-0.05, 0) is 97.4 Å². The first-order valence-electron chi connectivity index (χ1n) is 12.3. The molecule has 3 aromatic heterocycles. The van der Waals surface area contributed by atoms with Crippen molar-refractivity contribution in [3.63, 3.8) is 0 Å². The molecule has 2 aromatic carbocycles. The first-order chi connectivity index (χ1) is 17.2. The fraction of sp³-hybridized carbons (Fsp3) is 0.241. The predicted molar refractivity (Wildman–Crippen MR) is 142 cm³/mol. The van der Waals surface area contributed by atoms with Crippen molar-refractivity contribution in [1.29, 1.82) is 0 Å². The van der Waals surface area contributed by atoms with Crippen LogP contribution in [0.25, 0.3) is 44.2 Å². The van der Waals surface area contributed by atoms with Crippen molar-refractivity contribution in [2.24, 2.45) is 11.7 Å². The molecule has 0 bridgehead atoms. The second kappa shape index (κ2) is 9.13. The minimum atomic E-state index is -0.0961. The van der Waals surface area contributed by atoms with Crippen molar-refractivity contribution in [2.75, 3.05) is 19.6 Å². The van der Waals surface area contributed by atoms with E-state index in [2.05, 4.69) is 50.2 Å². The smallest absolute Gasteiger partial charge is 0.257 e. The zero-order valence-corrected chi connectivity index (χ0v) is 19.6. The summed E-state index contributed by atoms with van der Waals surface area (Å²) in [5.41, 5.74) is 12.5. The third-order valence-corrected chi connectivity index (χ3v) is 7.26. The molecule has 6 heteroatoms. The number of fused-ring (bicyclic) bond motifs is 2. The maximum absolute atomic E-state index is 12.9. The molecule has 1 saturated heterocycles. The van der Waals surface area contributed by atoms with Crippen molar-refractivity contribution >= 4 is 21.8 Å². The standard InChI is InChI=1S/C29H29N5O/c30-16-19-7-10-34(11-8-19)18-20-3-5-26-23(12-20)15-28(32-26)25-14-24-13-21(22-2-1-9-31-17-22)4-6-27(24)33-29(25)35/h1-6,9,12-15,17,19,32H,7-8,10-11,16,18,30H2,(H,33,35). The molecule has 0 radical (unpaired) electrons. The van der Waals surface area contributed by atoms with Crippen LogP contribution in [0, 0.1) is 5.92 Å². The van der Waals surface area contributed by atoms with Crippen molar-refractivity contribution in [1.82, 2.24) is 19.9 Å². The van der Waals surface area contributed by atoms with Gasteiger partial charge >= 0.3 is 0 Å². The number of aromatic nitrogens is 3. The Labute approximate surface area is 203 Å². The molecule has 0 saturated carbocycles. The molecule has 5 aromatic rings. The fourth-order valence-electron chi connectivity index (χ4n) is 5.18. The summed E-state index contributed by atoms with van der Waals surface area (Å²) >= 11 is 0. The van der Waals surface area contributed by atoms with Crippen LogP contribution >= 0.6 is 0 Å². The third-order valence-electron chi connectivity index (χ3n) is 7.26. The van der Waals surface area contributed by atoms with Gasteiger partial charge in [0.15, 0.2) is 0 Å². The third kappa shape index (κ3) is 4.38. The zero-order valence-electron chi connectivity index (χ0n) is 19.6. The van der Waals surface area contributed by atoms with Crippen LogP contribution in [0.3, 0.4) is 0 Å². The number of H-pyrrole nitrogens is 2. The Balaban J connectivity index is 1.31. The summed E-state index contributed by atoms with van der Waals surface area (Å²) in [7, 11) is 0. The van der Waals surface area contributed by atoms with Crippen LogP contribution in [0.2, 0.25) is 0 Å². The molecule has 4 N–H and O–H groups in total. The van der Waals surface area contributed by atoms with E-state index >= 15 is 0 Å². The Kier molecular flexibility index (Phi) is 5.68. The highest BCUT2D eigenvalue weighted by atomic mass is 16.1. The highest BCUT2D eigenvalue weighted by Crippen LogP contribution is 2.28. The molecule has 0 aliphatic carbocycles. The van der Waals surface area contributed by atoms with Gasteiger partial charge in [-0.25, -0.2) is 0 Å². The molecule has 0 amide bonds. The number of likely N-dealkylation sites (tertiary alicyclic amines) is 1. The first-order valence-corrected chi connectivity index (χ1v) is 12.3. The Morgan fingerprint density at radius 3 is 2.51 bits per heavy atom. The van der Waals surface area contributed by atoms with Gasteiger partial charge in [0.1, 0.15) is 0 Å². The molecular weight excluding hydrogens is 434 g/mol. The van der Waals surface area contributed by atoms with Crippen LogP contribution in [-0.2, 0) is 6.54 Å². The minimum absolute atomic E-state index is 0.0961. The lowest BCUT2D eigenvalue weighted by molar-refractivity contribution is 0.180. The first kappa shape index (κ1) is 21.8. The van der Waals surface area contributed by atoms with E-state index in [9.17, 15) is 4.79 Å². The van der Waals surface area contributed by atoms with Gasteiger partial charge in [0, 0.05) is 40.9 Å². The maximum atomic E-state index is 12.9. The summed E-state index contributed by atoms with van der Waals surface area (Å²) in [6, 6.07) is 20.6. The lowest BCUT2D eigenvalue weighted by Crippen LogP contribution is -2.35. The van der Waals surface area contributed by atoms with Crippen LogP contribution in [0.5, 0.6) is 0 Å². The molecular formula is C29H29N5O. The van der Waals surface area contributed by atoms with Crippen molar-refractivity contribution in [2.45, 2.75) is 19.4 Å². The predicted octanol–water partition coefficient (Wildman–Crippen LogP) is 4.91. The lowest BCUT2D eigenvalue weighted by Gasteiger charge is -2.31. The molecule has 6 nitrogen and oxygen atoms in total. The topological polar surface area (TPSA) is 90.8 Å². The number of nitrogens with zero attached hydrogens (tertiary/aromatic N) is 2. The van der Waals surface area contributed by atoms with Crippen molar-refractivity contribution in [3.8, 4) is 22.4 Å². The Bertz CT molecular complexity index is 1540. The van der Waals surface area contributed by atoms with Crippen LogP contribution in [0.1, 0.15) is 18.4 Å². The average molecular weight is 464 g/mol. The zero-order chi connectivity index (χ0) is 23.8. The molecule has 0 unspecified atom stereocenters. The van der Waals surface area contributed by atoms with Crippen LogP contribution in [0.15, 0.2) is 77.9 Å². The lowest BCUT2D eigenvalue weighted by atomic mass is 9.97. The molecule has 1 fully saturated rings. The molecule has 1 aliphatic heterocycles. The van der Waals surface area contributed by atoms with Gasteiger partial charge in [-0.1, -0.05) is 18.2 Å². The SMILES string of the molecule is NCC1CCN(Cc2ccc3[nH]c(-c4cc5cc(-c6cccnc6)ccc5[nH]c4=O)cc3c2)CC1. The monoisotopic (exact) mass is 463 g/mol. The Hall–Kier alpha value is -3.74. The van der Waals surface area contributed by atoms with E-state index in [1.165, 1.54) is 18.4 Å². The summed E-state index contributed by atoms with van der Waals surface area (Å²) in [5.74, 6) is 0.668. The van der Waals surface area contributed by atoms with E-state index in [1.807, 2.05) is 36.5 Å². The van der Waals surface area contributed by atoms with Gasteiger partial charge in [0.05, 0.1) is 11.3 Å². The average Bonchev–Trinajstić information content (AvgIpc) is 3.32. The molecule has 35 heavy (non-hydrogen) atoms. The summed E-state index contributed by atoms with van der Waals surface area (Å²) in [6.07, 6.45) is 5.98. The van der Waals surface area contributed by atoms with E-state index in [4.69, 9.17) is 5.73 Å². The van der Waals surface area contributed by atoms with Gasteiger partial charge in [0.2, 0.25) is 0 Å². The highest BCUT2D eigenvalue weighted by molar-refractivity contribution is 5.90. The molecule has 4 heterocycles. The summed E-state index contributed by atoms with van der Waals surface area (Å²) < 4.78 is 0. The second-order valence-electron chi connectivity index (χ2n) is 9.62. The van der Waals surface area contributed by atoms with E-state index < -0.39 is 0 Å². The summed E-state index contributed by atoms with van der Waals surface area (Å²) in [5, 5.41) is 2.11. The number of piperidine rings is 1. The van der Waals surface area contributed by atoms with Gasteiger partial charge in [-0.15, -0.1) is 0 Å². The number of nitrogens with one attached hydrogen (secondary N) is 2. The summed E-state index contributed by atoms with van der Waals surface area (Å²) in [4.78, 5) is 26.2. The Morgan fingerprint density at radius 1 is 0.914 bits per heavy atom. The van der Waals surface area contributed by atoms with Crippen LogP contribution < -0.4 is 11.3 Å². The van der Waals surface area contributed by atoms with Crippen LogP contribution in [-0.4, -0.2) is 39.5 Å². The number of hydrogen-bond acceptors (Lipinski definition) is 4. The van der Waals surface area contributed by atoms with E-state index in [0.717, 1.165) is 64.8 Å². The maximum Gasteiger partial charge on any atom is 0.257 e.